The van der Waals surface area contributed by atoms with Gasteiger partial charge in [-0.2, -0.15) is 4.98 Å². The topological polar surface area (TPSA) is 33.6 Å². The zero-order chi connectivity index (χ0) is 11.0. The van der Waals surface area contributed by atoms with E-state index in [0.29, 0.717) is 4.77 Å². The van der Waals surface area contributed by atoms with E-state index in [0.717, 1.165) is 15.9 Å². The molecule has 78 valence electrons. The number of halogens is 1. The number of benzene rings is 1. The molecule has 0 aliphatic rings. The first-order chi connectivity index (χ1) is 7.08. The number of rotatable bonds is 1. The van der Waals surface area contributed by atoms with Crippen molar-refractivity contribution in [1.29, 1.82) is 0 Å². The molecule has 2 aromatic rings. The molecule has 1 aromatic carbocycles. The van der Waals surface area contributed by atoms with Crippen LogP contribution >= 0.6 is 28.1 Å². The van der Waals surface area contributed by atoms with Gasteiger partial charge >= 0.3 is 0 Å². The molecule has 0 spiro atoms. The first kappa shape index (κ1) is 10.6. The van der Waals surface area contributed by atoms with Crippen molar-refractivity contribution < 1.29 is 0 Å². The van der Waals surface area contributed by atoms with Crippen LogP contribution in [0.25, 0.3) is 11.4 Å². The molecule has 0 radical (unpaired) electrons. The number of hydrogen-bond donors (Lipinski definition) is 1. The van der Waals surface area contributed by atoms with E-state index in [1.54, 1.807) is 4.68 Å². The molecule has 1 N–H and O–H groups in total. The van der Waals surface area contributed by atoms with Crippen LogP contribution in [0.4, 0.5) is 0 Å². The van der Waals surface area contributed by atoms with Crippen LogP contribution in [0.1, 0.15) is 5.56 Å². The summed E-state index contributed by atoms with van der Waals surface area (Å²) in [6, 6.07) is 6.12. The molecule has 2 rings (SSSR count). The van der Waals surface area contributed by atoms with Gasteiger partial charge in [-0.15, -0.1) is 0 Å². The van der Waals surface area contributed by atoms with Gasteiger partial charge in [0.05, 0.1) is 0 Å². The summed E-state index contributed by atoms with van der Waals surface area (Å²) in [7, 11) is 1.85. The standard InChI is InChI=1S/C10H10BrN3S/c1-6-3-4-8(11)7(5-6)9-12-10(15)14(2)13-9/h3-5H,1-2H3,(H,12,13,15). The summed E-state index contributed by atoms with van der Waals surface area (Å²) in [5.41, 5.74) is 2.22. The van der Waals surface area contributed by atoms with Gasteiger partial charge in [0, 0.05) is 17.1 Å². The maximum Gasteiger partial charge on any atom is 0.216 e. The summed E-state index contributed by atoms with van der Waals surface area (Å²) in [5, 5.41) is 3.10. The fourth-order valence-corrected chi connectivity index (χ4v) is 1.91. The minimum absolute atomic E-state index is 0.554. The van der Waals surface area contributed by atoms with Crippen LogP contribution in [0.3, 0.4) is 0 Å². The van der Waals surface area contributed by atoms with Crippen LogP contribution in [0.15, 0.2) is 22.7 Å². The van der Waals surface area contributed by atoms with Crippen LogP contribution in [-0.4, -0.2) is 14.8 Å². The van der Waals surface area contributed by atoms with Crippen LogP contribution in [0, 0.1) is 11.7 Å². The minimum atomic E-state index is 0.554. The Bertz CT molecular complexity index is 556. The lowest BCUT2D eigenvalue weighted by molar-refractivity contribution is 0.756. The molecule has 1 aromatic heterocycles. The summed E-state index contributed by atoms with van der Waals surface area (Å²) in [5.74, 6) is 0.790. The Morgan fingerprint density at radius 2 is 2.20 bits per heavy atom. The number of H-pyrrole nitrogens is 1. The highest BCUT2D eigenvalue weighted by molar-refractivity contribution is 9.10. The summed E-state index contributed by atoms with van der Waals surface area (Å²) < 4.78 is 3.29. The lowest BCUT2D eigenvalue weighted by Gasteiger charge is -2.01. The van der Waals surface area contributed by atoms with Crippen LogP contribution < -0.4 is 0 Å². The van der Waals surface area contributed by atoms with E-state index in [2.05, 4.69) is 32.1 Å². The average Bonchev–Trinajstić information content (AvgIpc) is 2.51. The quantitative estimate of drug-likeness (QED) is 0.816. The molecule has 0 bridgehead atoms. The van der Waals surface area contributed by atoms with E-state index in [9.17, 15) is 0 Å². The molecule has 1 heterocycles. The Kier molecular flexibility index (Phi) is 2.75. The van der Waals surface area contributed by atoms with Crippen LogP contribution in [0.5, 0.6) is 0 Å². The molecule has 5 heteroatoms. The lowest BCUT2D eigenvalue weighted by atomic mass is 10.1. The fraction of sp³-hybridized carbons (Fsp3) is 0.200. The van der Waals surface area contributed by atoms with Crippen molar-refractivity contribution in [3.8, 4) is 11.4 Å². The Labute approximate surface area is 101 Å². The van der Waals surface area contributed by atoms with Crippen molar-refractivity contribution in [1.82, 2.24) is 14.8 Å². The van der Waals surface area contributed by atoms with Crippen molar-refractivity contribution in [3.05, 3.63) is 33.0 Å². The smallest absolute Gasteiger partial charge is 0.216 e. The Morgan fingerprint density at radius 3 is 2.80 bits per heavy atom. The van der Waals surface area contributed by atoms with Crippen molar-refractivity contribution in [3.63, 3.8) is 0 Å². The van der Waals surface area contributed by atoms with E-state index in [1.165, 1.54) is 5.56 Å². The van der Waals surface area contributed by atoms with Gasteiger partial charge in [-0.3, -0.25) is 9.78 Å². The zero-order valence-electron chi connectivity index (χ0n) is 8.41. The van der Waals surface area contributed by atoms with Gasteiger partial charge in [-0.1, -0.05) is 27.6 Å². The van der Waals surface area contributed by atoms with Crippen LogP contribution in [0.2, 0.25) is 0 Å². The molecule has 15 heavy (non-hydrogen) atoms. The van der Waals surface area contributed by atoms with Crippen LogP contribution in [-0.2, 0) is 7.05 Å². The SMILES string of the molecule is Cc1ccc(Br)c(-c2nc(=S)n(C)[nH]2)c1. The molecule has 0 aliphatic heterocycles. The largest absolute Gasteiger partial charge is 0.279 e. The second-order valence-corrected chi connectivity index (χ2v) is 4.62. The molecule has 0 unspecified atom stereocenters. The number of nitrogens with zero attached hydrogens (tertiary/aromatic N) is 2. The Morgan fingerprint density at radius 1 is 1.47 bits per heavy atom. The highest BCUT2D eigenvalue weighted by Gasteiger charge is 2.07. The minimum Gasteiger partial charge on any atom is -0.279 e. The molecule has 0 saturated carbocycles. The Hall–Kier alpha value is -0.940. The molecule has 0 amide bonds. The fourth-order valence-electron chi connectivity index (χ4n) is 1.34. The molecule has 0 aliphatic carbocycles. The first-order valence-electron chi connectivity index (χ1n) is 4.47. The highest BCUT2D eigenvalue weighted by atomic mass is 79.9. The van der Waals surface area contributed by atoms with Gasteiger partial charge in [0.15, 0.2) is 5.82 Å². The van der Waals surface area contributed by atoms with Gasteiger partial charge < -0.3 is 0 Å². The van der Waals surface area contributed by atoms with Gasteiger partial charge in [-0.25, -0.2) is 0 Å². The third kappa shape index (κ3) is 2.03. The molecule has 0 saturated heterocycles. The van der Waals surface area contributed by atoms with E-state index in [1.807, 2.05) is 26.1 Å². The monoisotopic (exact) mass is 283 g/mol. The summed E-state index contributed by atoms with van der Waals surface area (Å²) in [4.78, 5) is 4.27. The number of aromatic nitrogens is 3. The second kappa shape index (κ2) is 3.90. The lowest BCUT2D eigenvalue weighted by Crippen LogP contribution is -1.90. The molecular weight excluding hydrogens is 274 g/mol. The molecular formula is C10H10BrN3S. The van der Waals surface area contributed by atoms with Crippen molar-refractivity contribution in [2.24, 2.45) is 7.05 Å². The molecule has 0 atom stereocenters. The van der Waals surface area contributed by atoms with Gasteiger partial charge in [0.2, 0.25) is 4.77 Å². The van der Waals surface area contributed by atoms with E-state index >= 15 is 0 Å². The van der Waals surface area contributed by atoms with E-state index < -0.39 is 0 Å². The molecule has 3 nitrogen and oxygen atoms in total. The normalized spacial score (nSPS) is 10.6. The highest BCUT2D eigenvalue weighted by Crippen LogP contribution is 2.26. The number of aromatic amines is 1. The van der Waals surface area contributed by atoms with E-state index in [-0.39, 0.29) is 0 Å². The van der Waals surface area contributed by atoms with Gasteiger partial charge in [0.25, 0.3) is 0 Å². The maximum absolute atomic E-state index is 5.06. The number of hydrogen-bond acceptors (Lipinski definition) is 2. The van der Waals surface area contributed by atoms with E-state index in [4.69, 9.17) is 12.2 Å². The first-order valence-corrected chi connectivity index (χ1v) is 5.67. The van der Waals surface area contributed by atoms with Crippen molar-refractivity contribution >= 4 is 28.1 Å². The van der Waals surface area contributed by atoms with Crippen molar-refractivity contribution in [2.45, 2.75) is 6.92 Å². The summed E-state index contributed by atoms with van der Waals surface area (Å²) >= 11 is 8.55. The third-order valence-electron chi connectivity index (χ3n) is 2.14. The summed E-state index contributed by atoms with van der Waals surface area (Å²) in [6.07, 6.45) is 0. The third-order valence-corrected chi connectivity index (χ3v) is 3.20. The predicted octanol–water partition coefficient (Wildman–Crippen LogP) is 3.22. The zero-order valence-corrected chi connectivity index (χ0v) is 10.8. The van der Waals surface area contributed by atoms with Gasteiger partial charge in [-0.05, 0) is 31.3 Å². The predicted molar refractivity (Wildman–Crippen MR) is 66.3 cm³/mol. The summed E-state index contributed by atoms with van der Waals surface area (Å²) in [6.45, 7) is 2.05. The number of nitrogens with one attached hydrogen (secondary N) is 1. The Balaban J connectivity index is 2.63. The maximum atomic E-state index is 5.06. The molecule has 0 fully saturated rings. The average molecular weight is 284 g/mol. The van der Waals surface area contributed by atoms with Crippen molar-refractivity contribution in [2.75, 3.05) is 0 Å². The number of aryl methyl sites for hydroxylation is 2. The van der Waals surface area contributed by atoms with Gasteiger partial charge in [0.1, 0.15) is 0 Å². The second-order valence-electron chi connectivity index (χ2n) is 3.40.